The Hall–Kier alpha value is -2.86. The Balaban J connectivity index is 1.49. The third-order valence-corrected chi connectivity index (χ3v) is 4.40. The fourth-order valence-corrected chi connectivity index (χ4v) is 3.01. The van der Waals surface area contributed by atoms with Crippen LogP contribution in [-0.4, -0.2) is 18.1 Å². The summed E-state index contributed by atoms with van der Waals surface area (Å²) in [7, 11) is 1.63. The molecule has 128 valence electrons. The number of amides is 2. The zero-order valence-electron chi connectivity index (χ0n) is 13.9. The summed E-state index contributed by atoms with van der Waals surface area (Å²) in [4.78, 5) is 16.2. The van der Waals surface area contributed by atoms with Crippen molar-refractivity contribution < 1.29 is 9.53 Å². The Kier molecular flexibility index (Phi) is 5.64. The Morgan fingerprint density at radius 1 is 1.04 bits per heavy atom. The molecular formula is C19H19N3O2S. The lowest BCUT2D eigenvalue weighted by Crippen LogP contribution is -2.34. The number of pyridine rings is 1. The molecule has 5 nitrogen and oxygen atoms in total. The van der Waals surface area contributed by atoms with Gasteiger partial charge in [-0.3, -0.25) is 4.98 Å². The second-order valence-electron chi connectivity index (χ2n) is 5.48. The lowest BCUT2D eigenvalue weighted by molar-refractivity contribution is 0.240. The zero-order chi connectivity index (χ0) is 17.5. The topological polar surface area (TPSA) is 63.2 Å². The predicted molar refractivity (Wildman–Crippen MR) is 99.6 cm³/mol. The highest BCUT2D eigenvalue weighted by molar-refractivity contribution is 7.08. The lowest BCUT2D eigenvalue weighted by Gasteiger charge is -2.09. The van der Waals surface area contributed by atoms with Crippen LogP contribution in [-0.2, 0) is 13.1 Å². The fraction of sp³-hybridized carbons (Fsp3) is 0.158. The molecule has 0 radical (unpaired) electrons. The molecule has 6 heteroatoms. The van der Waals surface area contributed by atoms with Crippen LogP contribution >= 0.6 is 11.3 Å². The Morgan fingerprint density at radius 3 is 2.48 bits per heavy atom. The van der Waals surface area contributed by atoms with Crippen LogP contribution in [0.15, 0.2) is 59.6 Å². The van der Waals surface area contributed by atoms with Crippen LogP contribution in [0.3, 0.4) is 0 Å². The third-order valence-electron chi connectivity index (χ3n) is 3.71. The molecule has 3 aromatic rings. The number of methoxy groups -OCH3 is 1. The van der Waals surface area contributed by atoms with Crippen LogP contribution in [0.4, 0.5) is 4.79 Å². The molecular weight excluding hydrogens is 334 g/mol. The Labute approximate surface area is 150 Å². The molecule has 0 unspecified atom stereocenters. The first kappa shape index (κ1) is 17.0. The van der Waals surface area contributed by atoms with Gasteiger partial charge in [-0.1, -0.05) is 12.1 Å². The summed E-state index contributed by atoms with van der Waals surface area (Å²) in [6, 6.07) is 11.5. The van der Waals surface area contributed by atoms with Crippen molar-refractivity contribution in [2.75, 3.05) is 7.11 Å². The molecule has 25 heavy (non-hydrogen) atoms. The monoisotopic (exact) mass is 353 g/mol. The minimum absolute atomic E-state index is 0.211. The predicted octanol–water partition coefficient (Wildman–Crippen LogP) is 3.82. The number of ether oxygens (including phenoxy) is 1. The van der Waals surface area contributed by atoms with Crippen molar-refractivity contribution in [1.82, 2.24) is 15.6 Å². The first-order valence-corrected chi connectivity index (χ1v) is 8.80. The highest BCUT2D eigenvalue weighted by Crippen LogP contribution is 2.21. The normalized spacial score (nSPS) is 10.3. The number of hydrogen-bond donors (Lipinski definition) is 2. The van der Waals surface area contributed by atoms with Gasteiger partial charge in [0.15, 0.2) is 0 Å². The average molecular weight is 353 g/mol. The maximum atomic E-state index is 12.0. The van der Waals surface area contributed by atoms with E-state index < -0.39 is 0 Å². The van der Waals surface area contributed by atoms with Crippen molar-refractivity contribution in [3.63, 3.8) is 0 Å². The van der Waals surface area contributed by atoms with E-state index in [9.17, 15) is 4.79 Å². The number of carbonyl (C=O) groups is 1. The molecule has 0 saturated heterocycles. The molecule has 0 fully saturated rings. The van der Waals surface area contributed by atoms with E-state index in [1.165, 1.54) is 0 Å². The van der Waals surface area contributed by atoms with Gasteiger partial charge < -0.3 is 15.4 Å². The standard InChI is InChI=1S/C19H19N3O2S/c1-24-18-4-2-14(3-5-18)10-21-19(23)22-11-15-8-17(12-20-9-15)16-6-7-25-13-16/h2-9,12-13H,10-11H2,1H3,(H2,21,22,23). The van der Waals surface area contributed by atoms with Gasteiger partial charge in [-0.05, 0) is 51.7 Å². The number of hydrogen-bond acceptors (Lipinski definition) is 4. The number of nitrogens with zero attached hydrogens (tertiary/aromatic N) is 1. The summed E-state index contributed by atoms with van der Waals surface area (Å²) in [5, 5.41) is 9.81. The maximum Gasteiger partial charge on any atom is 0.315 e. The van der Waals surface area contributed by atoms with E-state index in [-0.39, 0.29) is 6.03 Å². The van der Waals surface area contributed by atoms with Crippen molar-refractivity contribution >= 4 is 17.4 Å². The molecule has 0 atom stereocenters. The molecule has 2 amide bonds. The summed E-state index contributed by atoms with van der Waals surface area (Å²) < 4.78 is 5.11. The highest BCUT2D eigenvalue weighted by Gasteiger charge is 2.04. The molecule has 0 saturated carbocycles. The highest BCUT2D eigenvalue weighted by atomic mass is 32.1. The van der Waals surface area contributed by atoms with Crippen LogP contribution in [0.1, 0.15) is 11.1 Å². The number of thiophene rings is 1. The summed E-state index contributed by atoms with van der Waals surface area (Å²) in [5.41, 5.74) is 4.17. The van der Waals surface area contributed by atoms with E-state index in [0.717, 1.165) is 28.0 Å². The van der Waals surface area contributed by atoms with Crippen LogP contribution < -0.4 is 15.4 Å². The third kappa shape index (κ3) is 4.81. The number of carbonyl (C=O) groups excluding carboxylic acids is 1. The van der Waals surface area contributed by atoms with E-state index in [4.69, 9.17) is 4.74 Å². The van der Waals surface area contributed by atoms with Crippen LogP contribution in [0, 0.1) is 0 Å². The fourth-order valence-electron chi connectivity index (χ4n) is 2.34. The van der Waals surface area contributed by atoms with Gasteiger partial charge in [0.25, 0.3) is 0 Å². The van der Waals surface area contributed by atoms with Crippen molar-refractivity contribution in [2.24, 2.45) is 0 Å². The van der Waals surface area contributed by atoms with Crippen molar-refractivity contribution in [2.45, 2.75) is 13.1 Å². The summed E-state index contributed by atoms with van der Waals surface area (Å²) >= 11 is 1.65. The van der Waals surface area contributed by atoms with Crippen molar-refractivity contribution in [3.8, 4) is 16.9 Å². The van der Waals surface area contributed by atoms with Gasteiger partial charge in [-0.15, -0.1) is 0 Å². The molecule has 2 N–H and O–H groups in total. The number of aromatic nitrogens is 1. The Morgan fingerprint density at radius 2 is 1.80 bits per heavy atom. The molecule has 1 aromatic carbocycles. The second-order valence-corrected chi connectivity index (χ2v) is 6.26. The van der Waals surface area contributed by atoms with E-state index in [0.29, 0.717) is 13.1 Å². The van der Waals surface area contributed by atoms with Gasteiger partial charge in [0.1, 0.15) is 5.75 Å². The molecule has 2 heterocycles. The van der Waals surface area contributed by atoms with E-state index in [1.807, 2.05) is 41.9 Å². The smallest absolute Gasteiger partial charge is 0.315 e. The summed E-state index contributed by atoms with van der Waals surface area (Å²) in [6.45, 7) is 0.891. The van der Waals surface area contributed by atoms with Gasteiger partial charge >= 0.3 is 6.03 Å². The number of urea groups is 1. The summed E-state index contributed by atoms with van der Waals surface area (Å²) in [5.74, 6) is 0.797. The Bertz CT molecular complexity index is 817. The molecule has 0 aliphatic heterocycles. The molecule has 3 rings (SSSR count). The van der Waals surface area contributed by atoms with Gasteiger partial charge in [0, 0.05) is 31.0 Å². The van der Waals surface area contributed by atoms with Gasteiger partial charge in [-0.2, -0.15) is 11.3 Å². The number of benzene rings is 1. The van der Waals surface area contributed by atoms with Crippen molar-refractivity contribution in [1.29, 1.82) is 0 Å². The largest absolute Gasteiger partial charge is 0.497 e. The van der Waals surface area contributed by atoms with Crippen LogP contribution in [0.25, 0.3) is 11.1 Å². The SMILES string of the molecule is COc1ccc(CNC(=O)NCc2cncc(-c3ccsc3)c2)cc1. The lowest BCUT2D eigenvalue weighted by atomic mass is 10.1. The van der Waals surface area contributed by atoms with Crippen LogP contribution in [0.2, 0.25) is 0 Å². The minimum atomic E-state index is -0.211. The molecule has 2 aromatic heterocycles. The first-order chi connectivity index (χ1) is 12.2. The molecule has 0 aliphatic rings. The van der Waals surface area contributed by atoms with Gasteiger partial charge in [-0.25, -0.2) is 4.79 Å². The van der Waals surface area contributed by atoms with Crippen molar-refractivity contribution in [3.05, 3.63) is 70.7 Å². The van der Waals surface area contributed by atoms with E-state index in [1.54, 1.807) is 24.6 Å². The van der Waals surface area contributed by atoms with Gasteiger partial charge in [0.05, 0.1) is 7.11 Å². The average Bonchev–Trinajstić information content (AvgIpc) is 3.20. The molecule has 0 aliphatic carbocycles. The van der Waals surface area contributed by atoms with Crippen LogP contribution in [0.5, 0.6) is 5.75 Å². The van der Waals surface area contributed by atoms with E-state index >= 15 is 0 Å². The summed E-state index contributed by atoms with van der Waals surface area (Å²) in [6.07, 6.45) is 3.59. The maximum absolute atomic E-state index is 12.0. The molecule has 0 spiro atoms. The first-order valence-electron chi connectivity index (χ1n) is 7.86. The molecule has 0 bridgehead atoms. The number of nitrogens with one attached hydrogen (secondary N) is 2. The minimum Gasteiger partial charge on any atom is -0.497 e. The van der Waals surface area contributed by atoms with E-state index in [2.05, 4.69) is 27.1 Å². The second kappa shape index (κ2) is 8.30. The zero-order valence-corrected chi connectivity index (χ0v) is 14.7. The quantitative estimate of drug-likeness (QED) is 0.708. The number of rotatable bonds is 6. The van der Waals surface area contributed by atoms with Gasteiger partial charge in [0.2, 0.25) is 0 Å².